The lowest BCUT2D eigenvalue weighted by Crippen LogP contribution is -2.41. The van der Waals surface area contributed by atoms with Crippen LogP contribution in [0.2, 0.25) is 0 Å². The largest absolute Gasteiger partial charge is 0.480 e. The summed E-state index contributed by atoms with van der Waals surface area (Å²) >= 11 is 0. The number of nitrogens with zero attached hydrogens (tertiary/aromatic N) is 2. The molecular weight excluding hydrogens is 398 g/mol. The number of urea groups is 1. The first-order valence-corrected chi connectivity index (χ1v) is 11.0. The monoisotopic (exact) mass is 429 g/mol. The average molecular weight is 430 g/mol. The molecule has 4 amide bonds. The summed E-state index contributed by atoms with van der Waals surface area (Å²) in [7, 11) is 0. The van der Waals surface area contributed by atoms with Crippen LogP contribution in [-0.2, 0) is 27.3 Å². The number of hydrogen-bond acceptors (Lipinski definition) is 4. The van der Waals surface area contributed by atoms with Gasteiger partial charge in [-0.15, -0.1) is 0 Å². The summed E-state index contributed by atoms with van der Waals surface area (Å²) in [6.45, 7) is 4.62. The van der Waals surface area contributed by atoms with Gasteiger partial charge in [0.25, 0.3) is 5.91 Å². The van der Waals surface area contributed by atoms with Crippen LogP contribution < -0.4 is 5.32 Å². The van der Waals surface area contributed by atoms with Gasteiger partial charge in [0.1, 0.15) is 12.1 Å². The molecule has 0 radical (unpaired) electrons. The van der Waals surface area contributed by atoms with Gasteiger partial charge in [-0.2, -0.15) is 0 Å². The minimum Gasteiger partial charge on any atom is -0.480 e. The van der Waals surface area contributed by atoms with E-state index < -0.39 is 18.1 Å². The van der Waals surface area contributed by atoms with E-state index in [1.807, 2.05) is 38.1 Å². The molecule has 8 heteroatoms. The molecule has 1 saturated heterocycles. The number of rotatable bonds is 10. The first-order chi connectivity index (χ1) is 14.8. The Morgan fingerprint density at radius 2 is 1.84 bits per heavy atom. The third kappa shape index (κ3) is 5.42. The standard InChI is InChI=1S/C23H31N3O5/c1-15(2)12-18(22(29)30)24-20(27)10-4-3-7-11-25-21(28)19-13-16-8-5-6-9-17(16)14-26(19)23(25)31/h5-6,8-9,15,18-19H,3-4,7,10-14H2,1-2H3,(H,24,27)(H,29,30)/t18-,19-/m1/s1. The van der Waals surface area contributed by atoms with Crippen molar-refractivity contribution in [3.05, 3.63) is 35.4 Å². The molecule has 0 spiro atoms. The van der Waals surface area contributed by atoms with Crippen LogP contribution in [0.3, 0.4) is 0 Å². The predicted octanol–water partition coefficient (Wildman–Crippen LogP) is 2.55. The van der Waals surface area contributed by atoms with Crippen molar-refractivity contribution < 1.29 is 24.3 Å². The lowest BCUT2D eigenvalue weighted by molar-refractivity contribution is -0.142. The third-order valence-corrected chi connectivity index (χ3v) is 5.90. The van der Waals surface area contributed by atoms with E-state index in [-0.39, 0.29) is 30.2 Å². The van der Waals surface area contributed by atoms with E-state index in [2.05, 4.69) is 5.32 Å². The Labute approximate surface area is 182 Å². The fraction of sp³-hybridized carbons (Fsp3) is 0.565. The summed E-state index contributed by atoms with van der Waals surface area (Å²) in [6.07, 6.45) is 3.05. The Morgan fingerprint density at radius 1 is 1.13 bits per heavy atom. The molecule has 168 valence electrons. The summed E-state index contributed by atoms with van der Waals surface area (Å²) in [5.41, 5.74) is 2.21. The number of carboxylic acids is 1. The van der Waals surface area contributed by atoms with Gasteiger partial charge in [0.15, 0.2) is 0 Å². The molecule has 3 rings (SSSR count). The smallest absolute Gasteiger partial charge is 0.327 e. The first-order valence-electron chi connectivity index (χ1n) is 11.0. The van der Waals surface area contributed by atoms with Gasteiger partial charge in [-0.25, -0.2) is 9.59 Å². The van der Waals surface area contributed by atoms with Gasteiger partial charge >= 0.3 is 12.0 Å². The minimum absolute atomic E-state index is 0.143. The minimum atomic E-state index is -1.02. The number of carbonyl (C=O) groups is 4. The van der Waals surface area contributed by atoms with E-state index in [1.54, 1.807) is 4.90 Å². The quantitative estimate of drug-likeness (QED) is 0.439. The van der Waals surface area contributed by atoms with Crippen molar-refractivity contribution in [2.24, 2.45) is 5.92 Å². The zero-order valence-electron chi connectivity index (χ0n) is 18.2. The van der Waals surface area contributed by atoms with Crippen LogP contribution in [0.4, 0.5) is 4.79 Å². The molecule has 1 fully saturated rings. The lowest BCUT2D eigenvalue weighted by atomic mass is 9.95. The SMILES string of the molecule is CC(C)C[C@@H](NC(=O)CCCCCN1C(=O)[C@H]2Cc3ccccc3CN2C1=O)C(=O)O. The number of amides is 4. The molecular formula is C23H31N3O5. The van der Waals surface area contributed by atoms with Crippen LogP contribution in [0.1, 0.15) is 57.1 Å². The first kappa shape index (κ1) is 22.8. The molecule has 0 aliphatic carbocycles. The number of unbranched alkanes of at least 4 members (excludes halogenated alkanes) is 2. The lowest BCUT2D eigenvalue weighted by Gasteiger charge is -2.28. The van der Waals surface area contributed by atoms with Gasteiger partial charge in [-0.1, -0.05) is 44.5 Å². The van der Waals surface area contributed by atoms with Crippen molar-refractivity contribution in [1.29, 1.82) is 0 Å². The summed E-state index contributed by atoms with van der Waals surface area (Å²) in [6, 6.07) is 6.37. The van der Waals surface area contributed by atoms with E-state index in [4.69, 9.17) is 0 Å². The van der Waals surface area contributed by atoms with E-state index in [0.29, 0.717) is 45.2 Å². The fourth-order valence-electron chi connectivity index (χ4n) is 4.27. The zero-order chi connectivity index (χ0) is 22.5. The highest BCUT2D eigenvalue weighted by Gasteiger charge is 2.46. The number of fused-ring (bicyclic) bond motifs is 2. The molecule has 31 heavy (non-hydrogen) atoms. The number of imide groups is 1. The van der Waals surface area contributed by atoms with Crippen molar-refractivity contribution in [2.45, 2.75) is 71.0 Å². The molecule has 2 atom stereocenters. The second-order valence-electron chi connectivity index (χ2n) is 8.79. The zero-order valence-corrected chi connectivity index (χ0v) is 18.2. The van der Waals surface area contributed by atoms with Crippen LogP contribution in [0.5, 0.6) is 0 Å². The van der Waals surface area contributed by atoms with Gasteiger partial charge < -0.3 is 15.3 Å². The molecule has 0 saturated carbocycles. The van der Waals surface area contributed by atoms with E-state index in [1.165, 1.54) is 4.90 Å². The second-order valence-corrected chi connectivity index (χ2v) is 8.79. The number of benzene rings is 1. The maximum atomic E-state index is 12.7. The predicted molar refractivity (Wildman–Crippen MR) is 114 cm³/mol. The Hall–Kier alpha value is -2.90. The number of aliphatic carboxylic acids is 1. The molecule has 1 aromatic carbocycles. The third-order valence-electron chi connectivity index (χ3n) is 5.90. The van der Waals surface area contributed by atoms with Gasteiger partial charge in [-0.05, 0) is 36.3 Å². The number of carbonyl (C=O) groups excluding carboxylic acids is 3. The highest BCUT2D eigenvalue weighted by atomic mass is 16.4. The van der Waals surface area contributed by atoms with E-state index in [0.717, 1.165) is 11.1 Å². The normalized spacial score (nSPS) is 18.7. The van der Waals surface area contributed by atoms with Gasteiger partial charge in [0.05, 0.1) is 0 Å². The van der Waals surface area contributed by atoms with Crippen molar-refractivity contribution in [1.82, 2.24) is 15.1 Å². The molecule has 2 N–H and O–H groups in total. The van der Waals surface area contributed by atoms with Gasteiger partial charge in [0, 0.05) is 25.9 Å². The topological polar surface area (TPSA) is 107 Å². The van der Waals surface area contributed by atoms with E-state index >= 15 is 0 Å². The summed E-state index contributed by atoms with van der Waals surface area (Å²) < 4.78 is 0. The Kier molecular flexibility index (Phi) is 7.30. The van der Waals surface area contributed by atoms with Crippen molar-refractivity contribution >= 4 is 23.8 Å². The second kappa shape index (κ2) is 9.94. The molecule has 2 aliphatic rings. The fourth-order valence-corrected chi connectivity index (χ4v) is 4.27. The number of hydrogen-bond donors (Lipinski definition) is 2. The summed E-state index contributed by atoms with van der Waals surface area (Å²) in [4.78, 5) is 51.7. The van der Waals surface area contributed by atoms with Crippen LogP contribution in [0, 0.1) is 5.92 Å². The average Bonchev–Trinajstić information content (AvgIpc) is 2.95. The van der Waals surface area contributed by atoms with E-state index in [9.17, 15) is 24.3 Å². The number of carboxylic acid groups (broad SMARTS) is 1. The van der Waals surface area contributed by atoms with Crippen LogP contribution >= 0.6 is 0 Å². The maximum absolute atomic E-state index is 12.7. The van der Waals surface area contributed by atoms with Gasteiger partial charge in [-0.3, -0.25) is 14.5 Å². The molecule has 8 nitrogen and oxygen atoms in total. The highest BCUT2D eigenvalue weighted by Crippen LogP contribution is 2.30. The van der Waals surface area contributed by atoms with Gasteiger partial charge in [0.2, 0.25) is 5.91 Å². The molecule has 0 aromatic heterocycles. The Balaban J connectivity index is 1.41. The Bertz CT molecular complexity index is 810. The van der Waals surface area contributed by atoms with Crippen LogP contribution in [0.15, 0.2) is 24.3 Å². The summed E-state index contributed by atoms with van der Waals surface area (Å²) in [5, 5.41) is 11.8. The maximum Gasteiger partial charge on any atom is 0.327 e. The molecule has 0 unspecified atom stereocenters. The van der Waals surface area contributed by atoms with Crippen molar-refractivity contribution in [3.63, 3.8) is 0 Å². The molecule has 1 aromatic rings. The summed E-state index contributed by atoms with van der Waals surface area (Å²) in [5.74, 6) is -1.28. The van der Waals surface area contributed by atoms with Crippen LogP contribution in [-0.4, -0.2) is 57.3 Å². The highest BCUT2D eigenvalue weighted by molar-refractivity contribution is 6.04. The van der Waals surface area contributed by atoms with Crippen molar-refractivity contribution in [3.8, 4) is 0 Å². The molecule has 2 heterocycles. The number of nitrogens with one attached hydrogen (secondary N) is 1. The Morgan fingerprint density at radius 3 is 2.52 bits per heavy atom. The van der Waals surface area contributed by atoms with Crippen molar-refractivity contribution in [2.75, 3.05) is 6.54 Å². The van der Waals surface area contributed by atoms with Crippen LogP contribution in [0.25, 0.3) is 0 Å². The molecule has 0 bridgehead atoms. The molecule has 2 aliphatic heterocycles.